The predicted molar refractivity (Wildman–Crippen MR) is 88.2 cm³/mol. The van der Waals surface area contributed by atoms with Crippen molar-refractivity contribution in [3.8, 4) is 0 Å². The number of tetrazole rings is 1. The first-order valence-electron chi connectivity index (χ1n) is 8.39. The van der Waals surface area contributed by atoms with E-state index in [-0.39, 0.29) is 28.8 Å². The van der Waals surface area contributed by atoms with E-state index in [1.165, 1.54) is 16.8 Å². The molecule has 150 valence electrons. The maximum Gasteiger partial charge on any atom is 0.296 e. The summed E-state index contributed by atoms with van der Waals surface area (Å²) in [4.78, 5) is 54.1. The third kappa shape index (κ3) is 2.77. The molecule has 14 nitrogen and oxygen atoms in total. The fraction of sp³-hybridized carbons (Fsp3) is 0.333. The second-order valence-electron chi connectivity index (χ2n) is 6.22. The van der Waals surface area contributed by atoms with Gasteiger partial charge in [-0.15, -0.1) is 15.2 Å². The number of imide groups is 1. The molecule has 4 rings (SSSR count). The number of carbonyl (C=O) groups excluding carboxylic acids is 3. The summed E-state index contributed by atoms with van der Waals surface area (Å²) < 4.78 is 1.43. The van der Waals surface area contributed by atoms with Crippen molar-refractivity contribution in [3.63, 3.8) is 0 Å². The highest BCUT2D eigenvalue weighted by Gasteiger charge is 2.43. The van der Waals surface area contributed by atoms with Crippen molar-refractivity contribution in [2.75, 3.05) is 6.73 Å². The molecule has 2 aromatic rings. The number of fused-ring (bicyclic) bond motifs is 2. The Balaban J connectivity index is 1.64. The number of aliphatic hydroxyl groups excluding tert-OH is 1. The van der Waals surface area contributed by atoms with Gasteiger partial charge in [-0.05, 0) is 29.5 Å². The Bertz CT molecular complexity index is 1070. The second-order valence-corrected chi connectivity index (χ2v) is 6.22. The van der Waals surface area contributed by atoms with Crippen molar-refractivity contribution in [2.45, 2.75) is 26.2 Å². The van der Waals surface area contributed by atoms with E-state index < -0.39 is 35.8 Å². The topological polar surface area (TPSA) is 174 Å². The second kappa shape index (κ2) is 6.59. The zero-order chi connectivity index (χ0) is 20.9. The van der Waals surface area contributed by atoms with E-state index in [9.17, 15) is 29.6 Å². The van der Waals surface area contributed by atoms with Crippen molar-refractivity contribution in [1.29, 1.82) is 0 Å². The average Bonchev–Trinajstić information content (AvgIpc) is 3.31. The van der Waals surface area contributed by atoms with Crippen LogP contribution in [0, 0.1) is 10.1 Å². The number of aromatic nitrogens is 4. The molecule has 1 aromatic heterocycles. The van der Waals surface area contributed by atoms with Gasteiger partial charge in [-0.3, -0.25) is 29.0 Å². The Morgan fingerprint density at radius 2 is 1.86 bits per heavy atom. The minimum absolute atomic E-state index is 0.00756. The lowest BCUT2D eigenvalue weighted by molar-refractivity contribution is -0.762. The van der Waals surface area contributed by atoms with Gasteiger partial charge in [-0.25, -0.2) is 4.68 Å². The third-order valence-corrected chi connectivity index (χ3v) is 4.71. The Kier molecular flexibility index (Phi) is 4.19. The van der Waals surface area contributed by atoms with Gasteiger partial charge in [-0.2, -0.15) is 0 Å². The summed E-state index contributed by atoms with van der Waals surface area (Å²) >= 11 is 0. The first-order chi connectivity index (χ1) is 13.8. The number of hydrogen-bond acceptors (Lipinski definition) is 10. The van der Waals surface area contributed by atoms with Crippen LogP contribution in [0.3, 0.4) is 0 Å². The summed E-state index contributed by atoms with van der Waals surface area (Å²) in [7, 11) is 0. The number of nitrogens with zero attached hydrogens (tertiary/aromatic N) is 7. The molecule has 29 heavy (non-hydrogen) atoms. The van der Waals surface area contributed by atoms with Crippen LogP contribution in [0.2, 0.25) is 0 Å². The fourth-order valence-corrected chi connectivity index (χ4v) is 3.29. The van der Waals surface area contributed by atoms with E-state index >= 15 is 0 Å². The Hall–Kier alpha value is -3.94. The van der Waals surface area contributed by atoms with Crippen LogP contribution in [-0.2, 0) is 17.9 Å². The molecule has 0 saturated carbocycles. The molecular weight excluding hydrogens is 390 g/mol. The molecule has 1 aromatic carbocycles. The molecule has 1 atom stereocenters. The Morgan fingerprint density at radius 3 is 2.52 bits per heavy atom. The summed E-state index contributed by atoms with van der Waals surface area (Å²) in [6, 6.07) is 2.44. The van der Waals surface area contributed by atoms with Crippen molar-refractivity contribution in [1.82, 2.24) is 30.0 Å². The van der Waals surface area contributed by atoms with Crippen LogP contribution in [0.5, 0.6) is 0 Å². The summed E-state index contributed by atoms with van der Waals surface area (Å²) in [5, 5.41) is 30.6. The van der Waals surface area contributed by atoms with Crippen LogP contribution in [-0.4, -0.2) is 64.7 Å². The molecule has 2 aliphatic rings. The first kappa shape index (κ1) is 18.4. The summed E-state index contributed by atoms with van der Waals surface area (Å²) in [5.74, 6) is -1.71. The van der Waals surface area contributed by atoms with Crippen LogP contribution in [0.1, 0.15) is 55.6 Å². The largest absolute Gasteiger partial charge is 0.369 e. The highest BCUT2D eigenvalue weighted by Crippen LogP contribution is 2.36. The molecular formula is C15H13N7O7. The molecule has 2 aliphatic heterocycles. The smallest absolute Gasteiger partial charge is 0.296 e. The molecule has 0 bridgehead atoms. The van der Waals surface area contributed by atoms with Crippen molar-refractivity contribution in [3.05, 3.63) is 50.3 Å². The lowest BCUT2D eigenvalue weighted by Gasteiger charge is -2.18. The molecule has 0 spiro atoms. The van der Waals surface area contributed by atoms with Crippen LogP contribution >= 0.6 is 0 Å². The molecule has 14 heteroatoms. The van der Waals surface area contributed by atoms with Crippen LogP contribution in [0.25, 0.3) is 0 Å². The van der Waals surface area contributed by atoms with E-state index in [0.29, 0.717) is 17.3 Å². The maximum atomic E-state index is 12.8. The average molecular weight is 403 g/mol. The summed E-state index contributed by atoms with van der Waals surface area (Å²) in [6.07, 6.45) is -1.55. The lowest BCUT2D eigenvalue weighted by atomic mass is 10.0. The molecule has 0 radical (unpaired) electrons. The molecule has 3 amide bonds. The molecule has 1 N–H and O–H groups in total. The summed E-state index contributed by atoms with van der Waals surface area (Å²) in [5.41, 5.74) is 0.0155. The highest BCUT2D eigenvalue weighted by atomic mass is 17.0. The fourth-order valence-electron chi connectivity index (χ4n) is 3.29. The first-order valence-corrected chi connectivity index (χ1v) is 8.39. The molecule has 0 aliphatic carbocycles. The van der Waals surface area contributed by atoms with Crippen molar-refractivity contribution < 1.29 is 29.4 Å². The Morgan fingerprint density at radius 1 is 1.17 bits per heavy atom. The number of amides is 3. The van der Waals surface area contributed by atoms with E-state index in [1.807, 2.05) is 0 Å². The zero-order valence-electron chi connectivity index (χ0n) is 14.9. The minimum Gasteiger partial charge on any atom is -0.369 e. The normalized spacial score (nSPS) is 17.7. The lowest BCUT2D eigenvalue weighted by Crippen LogP contribution is -2.32. The number of hydrogen-bond donors (Lipinski definition) is 1. The van der Waals surface area contributed by atoms with Gasteiger partial charge < -0.3 is 5.11 Å². The summed E-state index contributed by atoms with van der Waals surface area (Å²) in [6.45, 7) is 1.30. The standard InChI is InChI=1S/C15H13N7O7/c1-2-21-11(16-17-18-21)5-19-12(23)7-3-9-10(4-8(7)13(19)24)15(26)20(14(9)25)6-29-22(27)28/h3-4,14,25H,2,5-6H2,1H3. The van der Waals surface area contributed by atoms with Gasteiger partial charge in [-0.1, -0.05) is 0 Å². The van der Waals surface area contributed by atoms with Crippen LogP contribution < -0.4 is 0 Å². The molecule has 3 heterocycles. The van der Waals surface area contributed by atoms with E-state index in [0.717, 1.165) is 4.90 Å². The quantitative estimate of drug-likeness (QED) is 0.361. The SMILES string of the molecule is CCn1nnnc1CN1C(=O)c2cc3c(cc2C1=O)C(O)N(CO[N+](=O)[O-])C3=O. The van der Waals surface area contributed by atoms with Crippen LogP contribution in [0.15, 0.2) is 12.1 Å². The monoisotopic (exact) mass is 403 g/mol. The van der Waals surface area contributed by atoms with Crippen LogP contribution in [0.4, 0.5) is 0 Å². The maximum absolute atomic E-state index is 12.8. The molecule has 0 saturated heterocycles. The van der Waals surface area contributed by atoms with E-state index in [4.69, 9.17) is 0 Å². The van der Waals surface area contributed by atoms with Gasteiger partial charge in [0.15, 0.2) is 18.8 Å². The van der Waals surface area contributed by atoms with Gasteiger partial charge in [0, 0.05) is 17.7 Å². The van der Waals surface area contributed by atoms with Crippen molar-refractivity contribution >= 4 is 17.7 Å². The number of carbonyl (C=O) groups is 3. The van der Waals surface area contributed by atoms with Gasteiger partial charge in [0.25, 0.3) is 22.8 Å². The van der Waals surface area contributed by atoms with Gasteiger partial charge in [0.1, 0.15) is 0 Å². The van der Waals surface area contributed by atoms with Gasteiger partial charge in [0.05, 0.1) is 17.7 Å². The predicted octanol–water partition coefficient (Wildman–Crippen LogP) is -0.898. The van der Waals surface area contributed by atoms with E-state index in [1.54, 1.807) is 6.92 Å². The third-order valence-electron chi connectivity index (χ3n) is 4.71. The number of aryl methyl sites for hydroxylation is 1. The number of benzene rings is 1. The Labute approximate surface area is 161 Å². The minimum atomic E-state index is -1.55. The van der Waals surface area contributed by atoms with Gasteiger partial charge >= 0.3 is 0 Å². The highest BCUT2D eigenvalue weighted by molar-refractivity contribution is 6.22. The van der Waals surface area contributed by atoms with Gasteiger partial charge in [0.2, 0.25) is 0 Å². The molecule has 1 unspecified atom stereocenters. The van der Waals surface area contributed by atoms with Crippen molar-refractivity contribution in [2.24, 2.45) is 0 Å². The number of aliphatic hydroxyl groups is 1. The van der Waals surface area contributed by atoms with E-state index in [2.05, 4.69) is 20.4 Å². The molecule has 0 fully saturated rings. The number of rotatable bonds is 6. The zero-order valence-corrected chi connectivity index (χ0v) is 14.9.